The number of thiazole rings is 1. The number of rotatable bonds is 6. The number of aromatic hydroxyl groups is 1. The van der Waals surface area contributed by atoms with Crippen LogP contribution in [-0.2, 0) is 13.1 Å². The summed E-state index contributed by atoms with van der Waals surface area (Å²) in [5.74, 6) is 1.54. The maximum atomic E-state index is 9.77. The van der Waals surface area contributed by atoms with Crippen LogP contribution in [0.1, 0.15) is 16.4 Å². The maximum Gasteiger partial charge on any atom is 0.233 e. The molecule has 3 heterocycles. The molecule has 0 amide bonds. The molecule has 3 aromatic rings. The quantitative estimate of drug-likeness (QED) is 0.683. The summed E-state index contributed by atoms with van der Waals surface area (Å²) in [4.78, 5) is 8.85. The number of anilines is 1. The zero-order valence-electron chi connectivity index (χ0n) is 11.0. The van der Waals surface area contributed by atoms with Crippen molar-refractivity contribution >= 4 is 22.7 Å². The van der Waals surface area contributed by atoms with Crippen molar-refractivity contribution < 1.29 is 13.9 Å². The monoisotopic (exact) mass is 303 g/mol. The Bertz CT molecular complexity index is 702. The third-order valence-corrected chi connectivity index (χ3v) is 3.60. The fourth-order valence-electron chi connectivity index (χ4n) is 1.68. The number of nitrogens with zero attached hydrogens (tertiary/aromatic N) is 2. The number of furan rings is 2. The van der Waals surface area contributed by atoms with Crippen molar-refractivity contribution in [2.75, 3.05) is 5.32 Å². The molecule has 0 saturated carbocycles. The van der Waals surface area contributed by atoms with Gasteiger partial charge < -0.3 is 19.3 Å². The van der Waals surface area contributed by atoms with Crippen molar-refractivity contribution in [3.8, 4) is 5.88 Å². The van der Waals surface area contributed by atoms with Gasteiger partial charge in [-0.2, -0.15) is 4.98 Å². The van der Waals surface area contributed by atoms with E-state index in [9.17, 15) is 5.11 Å². The average molecular weight is 303 g/mol. The van der Waals surface area contributed by atoms with Crippen LogP contribution in [0.25, 0.3) is 0 Å². The highest BCUT2D eigenvalue weighted by atomic mass is 32.1. The highest BCUT2D eigenvalue weighted by molar-refractivity contribution is 7.17. The Kier molecular flexibility index (Phi) is 4.02. The molecule has 0 aromatic carbocycles. The second-order valence-electron chi connectivity index (χ2n) is 4.19. The summed E-state index contributed by atoms with van der Waals surface area (Å²) < 4.78 is 10.4. The zero-order chi connectivity index (χ0) is 14.5. The Morgan fingerprint density at radius 1 is 1.24 bits per heavy atom. The Morgan fingerprint density at radius 2 is 2.00 bits per heavy atom. The molecular formula is C14H13N3O3S. The molecule has 7 heteroatoms. The van der Waals surface area contributed by atoms with Crippen molar-refractivity contribution in [1.29, 1.82) is 0 Å². The van der Waals surface area contributed by atoms with Crippen LogP contribution in [0.3, 0.4) is 0 Å². The van der Waals surface area contributed by atoms with Crippen LogP contribution in [0.5, 0.6) is 5.88 Å². The predicted octanol–water partition coefficient (Wildman–Crippen LogP) is 3.27. The van der Waals surface area contributed by atoms with Crippen LogP contribution in [0, 0.1) is 0 Å². The molecule has 0 unspecified atom stereocenters. The van der Waals surface area contributed by atoms with Crippen molar-refractivity contribution in [3.05, 3.63) is 53.2 Å². The SMILES string of the molecule is Oc1nc(NCc2ccco2)sc1C=NCc1ccco1. The summed E-state index contributed by atoms with van der Waals surface area (Å²) in [6, 6.07) is 7.35. The van der Waals surface area contributed by atoms with E-state index in [-0.39, 0.29) is 5.88 Å². The highest BCUT2D eigenvalue weighted by Gasteiger charge is 2.08. The first kappa shape index (κ1) is 13.4. The summed E-state index contributed by atoms with van der Waals surface area (Å²) in [6.07, 6.45) is 4.81. The van der Waals surface area contributed by atoms with Gasteiger partial charge in [0, 0.05) is 6.21 Å². The van der Waals surface area contributed by atoms with Crippen LogP contribution in [0.2, 0.25) is 0 Å². The zero-order valence-corrected chi connectivity index (χ0v) is 11.8. The fourth-order valence-corrected chi connectivity index (χ4v) is 2.43. The van der Waals surface area contributed by atoms with Crippen molar-refractivity contribution in [2.45, 2.75) is 13.1 Å². The van der Waals surface area contributed by atoms with Gasteiger partial charge in [0.1, 0.15) is 16.4 Å². The molecule has 0 saturated heterocycles. The number of aliphatic imine (C=N–C) groups is 1. The van der Waals surface area contributed by atoms with E-state index in [1.165, 1.54) is 11.3 Å². The lowest BCUT2D eigenvalue weighted by molar-refractivity contribution is 0.457. The van der Waals surface area contributed by atoms with Crippen molar-refractivity contribution in [1.82, 2.24) is 4.98 Å². The standard InChI is InChI=1S/C14H13N3O3S/c18-13-12(9-15-7-10-3-1-5-19-10)21-14(17-13)16-8-11-4-2-6-20-11/h1-6,9,18H,7-8H2,(H,16,17). The molecule has 2 N–H and O–H groups in total. The third kappa shape index (κ3) is 3.51. The van der Waals surface area contributed by atoms with Gasteiger partial charge in [0.25, 0.3) is 0 Å². The Hall–Kier alpha value is -2.54. The summed E-state index contributed by atoms with van der Waals surface area (Å²) in [5.41, 5.74) is 0. The van der Waals surface area contributed by atoms with Gasteiger partial charge in [-0.1, -0.05) is 11.3 Å². The Balaban J connectivity index is 1.59. The predicted molar refractivity (Wildman–Crippen MR) is 79.8 cm³/mol. The molecule has 0 spiro atoms. The van der Waals surface area contributed by atoms with E-state index >= 15 is 0 Å². The van der Waals surface area contributed by atoms with Gasteiger partial charge in [-0.15, -0.1) is 0 Å². The second kappa shape index (κ2) is 6.27. The van der Waals surface area contributed by atoms with Crippen LogP contribution in [0.4, 0.5) is 5.13 Å². The molecule has 108 valence electrons. The molecule has 0 atom stereocenters. The lowest BCUT2D eigenvalue weighted by Crippen LogP contribution is -1.96. The van der Waals surface area contributed by atoms with Crippen LogP contribution < -0.4 is 5.32 Å². The van der Waals surface area contributed by atoms with Crippen molar-refractivity contribution in [3.63, 3.8) is 0 Å². The number of hydrogen-bond donors (Lipinski definition) is 2. The molecule has 0 fully saturated rings. The molecular weight excluding hydrogens is 290 g/mol. The van der Waals surface area contributed by atoms with E-state index in [1.807, 2.05) is 24.3 Å². The van der Waals surface area contributed by atoms with Gasteiger partial charge in [0.2, 0.25) is 5.88 Å². The summed E-state index contributed by atoms with van der Waals surface area (Å²) in [6.45, 7) is 0.947. The minimum Gasteiger partial charge on any atom is -0.492 e. The number of nitrogens with one attached hydrogen (secondary N) is 1. The van der Waals surface area contributed by atoms with Crippen molar-refractivity contribution in [2.24, 2.45) is 4.99 Å². The average Bonchev–Trinajstić information content (AvgIpc) is 3.20. The largest absolute Gasteiger partial charge is 0.492 e. The smallest absolute Gasteiger partial charge is 0.233 e. The van der Waals surface area contributed by atoms with E-state index in [0.717, 1.165) is 11.5 Å². The van der Waals surface area contributed by atoms with Gasteiger partial charge in [0.05, 0.1) is 25.6 Å². The highest BCUT2D eigenvalue weighted by Crippen LogP contribution is 2.26. The van der Waals surface area contributed by atoms with E-state index < -0.39 is 0 Å². The molecule has 0 aliphatic rings. The molecule has 6 nitrogen and oxygen atoms in total. The second-order valence-corrected chi connectivity index (χ2v) is 5.22. The lowest BCUT2D eigenvalue weighted by Gasteiger charge is -1.97. The first-order valence-electron chi connectivity index (χ1n) is 6.29. The van der Waals surface area contributed by atoms with Gasteiger partial charge in [-0.25, -0.2) is 0 Å². The number of hydrogen-bond acceptors (Lipinski definition) is 7. The first-order valence-corrected chi connectivity index (χ1v) is 7.11. The Labute approximate surface area is 124 Å². The van der Waals surface area contributed by atoms with Crippen LogP contribution >= 0.6 is 11.3 Å². The van der Waals surface area contributed by atoms with Gasteiger partial charge >= 0.3 is 0 Å². The molecule has 0 aliphatic heterocycles. The minimum absolute atomic E-state index is 0.0369. The lowest BCUT2D eigenvalue weighted by atomic mass is 10.4. The molecule has 0 bridgehead atoms. The maximum absolute atomic E-state index is 9.77. The Morgan fingerprint density at radius 3 is 2.71 bits per heavy atom. The topological polar surface area (TPSA) is 83.8 Å². The minimum atomic E-state index is -0.0369. The van der Waals surface area contributed by atoms with Crippen LogP contribution in [0.15, 0.2) is 50.6 Å². The van der Waals surface area contributed by atoms with E-state index in [4.69, 9.17) is 8.83 Å². The van der Waals surface area contributed by atoms with E-state index in [2.05, 4.69) is 15.3 Å². The molecule has 21 heavy (non-hydrogen) atoms. The normalized spacial score (nSPS) is 11.2. The molecule has 0 aliphatic carbocycles. The molecule has 3 rings (SSSR count). The first-order chi connectivity index (χ1) is 10.3. The van der Waals surface area contributed by atoms with Gasteiger partial charge in [-0.3, -0.25) is 4.99 Å². The summed E-state index contributed by atoms with van der Waals surface area (Å²) in [7, 11) is 0. The fraction of sp³-hybridized carbons (Fsp3) is 0.143. The molecule has 3 aromatic heterocycles. The van der Waals surface area contributed by atoms with Gasteiger partial charge in [0.15, 0.2) is 5.13 Å². The van der Waals surface area contributed by atoms with E-state index in [0.29, 0.717) is 23.1 Å². The van der Waals surface area contributed by atoms with Crippen LogP contribution in [-0.4, -0.2) is 16.3 Å². The molecule has 0 radical (unpaired) electrons. The van der Waals surface area contributed by atoms with Gasteiger partial charge in [-0.05, 0) is 24.3 Å². The third-order valence-electron chi connectivity index (χ3n) is 2.66. The van der Waals surface area contributed by atoms with E-state index in [1.54, 1.807) is 18.7 Å². The summed E-state index contributed by atoms with van der Waals surface area (Å²) in [5, 5.41) is 13.5. The number of aromatic nitrogens is 1. The summed E-state index contributed by atoms with van der Waals surface area (Å²) >= 11 is 1.32.